The summed E-state index contributed by atoms with van der Waals surface area (Å²) < 4.78 is 0. The Morgan fingerprint density at radius 2 is 1.77 bits per heavy atom. The first-order valence-corrected chi connectivity index (χ1v) is 11.5. The van der Waals surface area contributed by atoms with E-state index in [0.717, 1.165) is 5.02 Å². The maximum atomic E-state index is 6.24. The van der Waals surface area contributed by atoms with Crippen molar-refractivity contribution < 1.29 is 0 Å². The average Bonchev–Trinajstić information content (AvgIpc) is 3.17. The number of hydrogen-bond acceptors (Lipinski definition) is 2. The lowest BCUT2D eigenvalue weighted by atomic mass is 9.89. The van der Waals surface area contributed by atoms with E-state index in [9.17, 15) is 0 Å². The fourth-order valence-corrected chi connectivity index (χ4v) is 5.42. The number of anilines is 1. The van der Waals surface area contributed by atoms with Crippen molar-refractivity contribution in [2.24, 2.45) is 0 Å². The Balaban J connectivity index is 0.00000136. The second-order valence-corrected chi connectivity index (χ2v) is 9.06. The number of halogens is 3. The molecular formula is C25H32Cl3N3. The minimum Gasteiger partial charge on any atom is -0.371 e. The van der Waals surface area contributed by atoms with Crippen molar-refractivity contribution in [1.82, 2.24) is 9.88 Å². The van der Waals surface area contributed by atoms with Gasteiger partial charge in [-0.15, -0.1) is 24.8 Å². The van der Waals surface area contributed by atoms with E-state index >= 15 is 0 Å². The van der Waals surface area contributed by atoms with Gasteiger partial charge < -0.3 is 14.8 Å². The Morgan fingerprint density at radius 3 is 2.61 bits per heavy atom. The largest absolute Gasteiger partial charge is 0.371 e. The van der Waals surface area contributed by atoms with Crippen molar-refractivity contribution in [3.63, 3.8) is 0 Å². The summed E-state index contributed by atoms with van der Waals surface area (Å²) in [5, 5.41) is 2.13. The summed E-state index contributed by atoms with van der Waals surface area (Å²) in [4.78, 5) is 8.68. The van der Waals surface area contributed by atoms with Gasteiger partial charge in [0.2, 0.25) is 0 Å². The van der Waals surface area contributed by atoms with Crippen molar-refractivity contribution in [2.75, 3.05) is 37.6 Å². The van der Waals surface area contributed by atoms with Crippen LogP contribution >= 0.6 is 36.4 Å². The van der Waals surface area contributed by atoms with Gasteiger partial charge in [0.05, 0.1) is 0 Å². The molecule has 2 aromatic carbocycles. The van der Waals surface area contributed by atoms with Crippen LogP contribution in [0, 0.1) is 0 Å². The van der Waals surface area contributed by atoms with Gasteiger partial charge >= 0.3 is 0 Å². The topological polar surface area (TPSA) is 22.3 Å². The van der Waals surface area contributed by atoms with E-state index < -0.39 is 0 Å². The molecule has 1 saturated heterocycles. The zero-order valence-corrected chi connectivity index (χ0v) is 20.2. The summed E-state index contributed by atoms with van der Waals surface area (Å²) in [6, 6.07) is 15.1. The molecule has 0 bridgehead atoms. The van der Waals surface area contributed by atoms with E-state index in [-0.39, 0.29) is 24.8 Å². The van der Waals surface area contributed by atoms with Crippen LogP contribution in [0.2, 0.25) is 5.02 Å². The normalized spacial score (nSPS) is 17.1. The Kier molecular flexibility index (Phi) is 8.58. The zero-order chi connectivity index (χ0) is 19.6. The molecule has 2 aliphatic rings. The molecule has 0 radical (unpaired) electrons. The maximum Gasteiger partial charge on any atom is 0.0457 e. The fraction of sp³-hybridized carbons (Fsp3) is 0.440. The van der Waals surface area contributed by atoms with Crippen LogP contribution < -0.4 is 4.90 Å². The van der Waals surface area contributed by atoms with E-state index in [1.807, 2.05) is 6.07 Å². The van der Waals surface area contributed by atoms with Crippen LogP contribution in [0.15, 0.2) is 48.7 Å². The molecule has 6 heteroatoms. The van der Waals surface area contributed by atoms with Crippen LogP contribution in [-0.2, 0) is 6.42 Å². The van der Waals surface area contributed by atoms with Gasteiger partial charge in [0.1, 0.15) is 0 Å². The van der Waals surface area contributed by atoms with Gasteiger partial charge in [0.15, 0.2) is 0 Å². The molecule has 5 rings (SSSR count). The molecule has 3 heterocycles. The molecular weight excluding hydrogens is 449 g/mol. The summed E-state index contributed by atoms with van der Waals surface area (Å²) >= 11 is 6.24. The molecule has 3 aromatic rings. The third kappa shape index (κ3) is 5.34. The molecule has 0 saturated carbocycles. The number of aromatic amines is 1. The predicted octanol–water partition coefficient (Wildman–Crippen LogP) is 6.69. The highest BCUT2D eigenvalue weighted by molar-refractivity contribution is 6.31. The number of nitrogens with zero attached hydrogens (tertiary/aromatic N) is 2. The second-order valence-electron chi connectivity index (χ2n) is 8.62. The molecule has 31 heavy (non-hydrogen) atoms. The second kappa shape index (κ2) is 11.0. The predicted molar refractivity (Wildman–Crippen MR) is 138 cm³/mol. The van der Waals surface area contributed by atoms with E-state index in [4.69, 9.17) is 11.6 Å². The van der Waals surface area contributed by atoms with Crippen LogP contribution in [0.5, 0.6) is 0 Å². The Bertz CT molecular complexity index is 979. The molecule has 0 aliphatic carbocycles. The molecule has 1 N–H and O–H groups in total. The number of hydrogen-bond donors (Lipinski definition) is 1. The summed E-state index contributed by atoms with van der Waals surface area (Å²) in [5.74, 6) is 0.646. The summed E-state index contributed by atoms with van der Waals surface area (Å²) in [5.41, 5.74) is 5.65. The molecule has 1 fully saturated rings. The van der Waals surface area contributed by atoms with Gasteiger partial charge in [0.25, 0.3) is 0 Å². The Hall–Kier alpha value is -1.39. The van der Waals surface area contributed by atoms with Gasteiger partial charge in [-0.05, 0) is 93.0 Å². The number of likely N-dealkylation sites (tertiary alicyclic amines) is 1. The zero-order valence-electron chi connectivity index (χ0n) is 17.9. The summed E-state index contributed by atoms with van der Waals surface area (Å²) in [6.45, 7) is 6.01. The maximum absolute atomic E-state index is 6.24. The number of piperidine rings is 1. The molecule has 0 atom stereocenters. The summed E-state index contributed by atoms with van der Waals surface area (Å²) in [6.07, 6.45) is 8.46. The van der Waals surface area contributed by atoms with Gasteiger partial charge in [-0.25, -0.2) is 0 Å². The number of H-pyrrole nitrogens is 1. The lowest BCUT2D eigenvalue weighted by Crippen LogP contribution is -2.36. The van der Waals surface area contributed by atoms with Crippen molar-refractivity contribution in [1.29, 1.82) is 0 Å². The van der Waals surface area contributed by atoms with Crippen molar-refractivity contribution in [3.05, 3.63) is 64.8 Å². The lowest BCUT2D eigenvalue weighted by Gasteiger charge is -2.34. The highest BCUT2D eigenvalue weighted by atomic mass is 35.5. The van der Waals surface area contributed by atoms with Gasteiger partial charge in [0, 0.05) is 40.9 Å². The van der Waals surface area contributed by atoms with Crippen LogP contribution in [0.1, 0.15) is 42.7 Å². The van der Waals surface area contributed by atoms with Crippen LogP contribution in [0.25, 0.3) is 10.9 Å². The van der Waals surface area contributed by atoms with E-state index in [1.54, 1.807) is 0 Å². The third-order valence-corrected chi connectivity index (χ3v) is 7.05. The van der Waals surface area contributed by atoms with Crippen molar-refractivity contribution in [2.45, 2.75) is 38.0 Å². The monoisotopic (exact) mass is 479 g/mol. The highest BCUT2D eigenvalue weighted by Crippen LogP contribution is 2.34. The van der Waals surface area contributed by atoms with Crippen molar-refractivity contribution in [3.8, 4) is 0 Å². The van der Waals surface area contributed by atoms with Crippen LogP contribution in [0.3, 0.4) is 0 Å². The van der Waals surface area contributed by atoms with Crippen molar-refractivity contribution >= 4 is 53.0 Å². The van der Waals surface area contributed by atoms with Gasteiger partial charge in [-0.2, -0.15) is 0 Å². The average molecular weight is 481 g/mol. The number of para-hydroxylation sites is 1. The highest BCUT2D eigenvalue weighted by Gasteiger charge is 2.23. The molecule has 0 unspecified atom stereocenters. The number of rotatable bonds is 5. The molecule has 168 valence electrons. The SMILES string of the molecule is Cl.Cl.Clc1ccc2[nH]cc(C3CCN(CCCN4CCCc5ccccc54)CC3)c2c1. The molecule has 0 spiro atoms. The minimum absolute atomic E-state index is 0. The van der Waals surface area contributed by atoms with Gasteiger partial charge in [-0.3, -0.25) is 0 Å². The first-order valence-electron chi connectivity index (χ1n) is 11.1. The van der Waals surface area contributed by atoms with E-state index in [2.05, 4.69) is 57.4 Å². The molecule has 1 aromatic heterocycles. The third-order valence-electron chi connectivity index (χ3n) is 6.81. The standard InChI is InChI=1S/C25H30ClN3.2ClH/c26-21-8-9-24-22(17-21)23(18-27-24)19-10-15-28(16-11-19)12-4-14-29-13-3-6-20-5-1-2-7-25(20)29;;/h1-2,5,7-9,17-19,27H,3-4,6,10-16H2;2*1H. The van der Waals surface area contributed by atoms with Gasteiger partial charge in [-0.1, -0.05) is 29.8 Å². The minimum atomic E-state index is 0. The summed E-state index contributed by atoms with van der Waals surface area (Å²) in [7, 11) is 0. The first kappa shape index (κ1) is 24.3. The first-order chi connectivity index (χ1) is 14.3. The van der Waals surface area contributed by atoms with Crippen LogP contribution in [-0.4, -0.2) is 42.6 Å². The molecule has 2 aliphatic heterocycles. The molecule has 0 amide bonds. The number of aryl methyl sites for hydroxylation is 1. The van der Waals surface area contributed by atoms with E-state index in [1.165, 1.54) is 92.5 Å². The number of fused-ring (bicyclic) bond motifs is 2. The number of benzene rings is 2. The number of aromatic nitrogens is 1. The molecule has 3 nitrogen and oxygen atoms in total. The fourth-order valence-electron chi connectivity index (χ4n) is 5.25. The quantitative estimate of drug-likeness (QED) is 0.439. The smallest absolute Gasteiger partial charge is 0.0457 e. The van der Waals surface area contributed by atoms with E-state index in [0.29, 0.717) is 5.92 Å². The van der Waals surface area contributed by atoms with Crippen LogP contribution in [0.4, 0.5) is 5.69 Å². The number of nitrogens with one attached hydrogen (secondary N) is 1. The Morgan fingerprint density at radius 1 is 0.968 bits per heavy atom. The Labute approximate surface area is 203 Å². The lowest BCUT2D eigenvalue weighted by molar-refractivity contribution is 0.211.